The minimum atomic E-state index is -0.577. The third kappa shape index (κ3) is 3.94. The Morgan fingerprint density at radius 3 is 2.67 bits per heavy atom. The van der Waals surface area contributed by atoms with Gasteiger partial charge in [0.15, 0.2) is 0 Å². The monoisotopic (exact) mass is 390 g/mol. The fourth-order valence-electron chi connectivity index (χ4n) is 2.83. The second-order valence-corrected chi connectivity index (χ2v) is 6.57. The van der Waals surface area contributed by atoms with Gasteiger partial charge in [0.25, 0.3) is 0 Å². The van der Waals surface area contributed by atoms with Gasteiger partial charge in [-0.05, 0) is 46.5 Å². The molecule has 0 atom stereocenters. The molecule has 1 saturated heterocycles. The highest BCUT2D eigenvalue weighted by molar-refractivity contribution is 9.10. The average molecular weight is 391 g/mol. The Balaban J connectivity index is 1.73. The molecule has 6 heteroatoms. The molecule has 24 heavy (non-hydrogen) atoms. The van der Waals surface area contributed by atoms with Crippen molar-refractivity contribution in [3.05, 3.63) is 64.4 Å². The fraction of sp³-hybridized carbons (Fsp3) is 0.333. The second kappa shape index (κ2) is 7.77. The lowest BCUT2D eigenvalue weighted by molar-refractivity contribution is 0.0311. The molecule has 1 aliphatic heterocycles. The summed E-state index contributed by atoms with van der Waals surface area (Å²) in [5.41, 5.74) is 1.18. The molecule has 1 amide bonds. The van der Waals surface area contributed by atoms with Gasteiger partial charge in [-0.15, -0.1) is 0 Å². The van der Waals surface area contributed by atoms with Crippen LogP contribution in [0.15, 0.2) is 53.1 Å². The van der Waals surface area contributed by atoms with Crippen molar-refractivity contribution >= 4 is 22.0 Å². The van der Waals surface area contributed by atoms with E-state index in [-0.39, 0.29) is 6.61 Å². The standard InChI is InChI=1S/C18H19BrN2O3/c19-15-7-4-10-20-16(15)18(8-11-23-12-9-18)21-17(22)24-13-14-5-2-1-3-6-14/h1-7,10H,8-9,11-13H2,(H,21,22). The number of aromatic nitrogens is 1. The number of ether oxygens (including phenoxy) is 2. The van der Waals surface area contributed by atoms with Gasteiger partial charge in [0.05, 0.1) is 11.2 Å². The first-order valence-electron chi connectivity index (χ1n) is 7.87. The van der Waals surface area contributed by atoms with Crippen LogP contribution in [0.4, 0.5) is 4.79 Å². The summed E-state index contributed by atoms with van der Waals surface area (Å²) in [4.78, 5) is 16.8. The maximum Gasteiger partial charge on any atom is 0.408 e. The van der Waals surface area contributed by atoms with Gasteiger partial charge < -0.3 is 14.8 Å². The number of nitrogens with one attached hydrogen (secondary N) is 1. The summed E-state index contributed by atoms with van der Waals surface area (Å²) >= 11 is 3.54. The van der Waals surface area contributed by atoms with E-state index in [0.29, 0.717) is 26.1 Å². The maximum atomic E-state index is 12.4. The maximum absolute atomic E-state index is 12.4. The van der Waals surface area contributed by atoms with Crippen LogP contribution in [-0.2, 0) is 21.6 Å². The van der Waals surface area contributed by atoms with Crippen molar-refractivity contribution in [3.63, 3.8) is 0 Å². The van der Waals surface area contributed by atoms with E-state index in [4.69, 9.17) is 9.47 Å². The largest absolute Gasteiger partial charge is 0.445 e. The van der Waals surface area contributed by atoms with Crippen LogP contribution in [0.1, 0.15) is 24.1 Å². The van der Waals surface area contributed by atoms with E-state index >= 15 is 0 Å². The molecule has 5 nitrogen and oxygen atoms in total. The Labute approximate surface area is 149 Å². The van der Waals surface area contributed by atoms with E-state index in [1.807, 2.05) is 42.5 Å². The number of nitrogens with zero attached hydrogens (tertiary/aromatic N) is 1. The van der Waals surface area contributed by atoms with Gasteiger partial charge in [-0.3, -0.25) is 4.98 Å². The van der Waals surface area contributed by atoms with E-state index in [1.165, 1.54) is 0 Å². The van der Waals surface area contributed by atoms with Crippen molar-refractivity contribution in [2.45, 2.75) is 25.0 Å². The van der Waals surface area contributed by atoms with Crippen molar-refractivity contribution < 1.29 is 14.3 Å². The van der Waals surface area contributed by atoms with Gasteiger partial charge in [-0.1, -0.05) is 30.3 Å². The Hall–Kier alpha value is -1.92. The van der Waals surface area contributed by atoms with Crippen LogP contribution in [0.2, 0.25) is 0 Å². The molecule has 126 valence electrons. The Kier molecular flexibility index (Phi) is 5.48. The lowest BCUT2D eigenvalue weighted by atomic mass is 9.86. The zero-order chi connectivity index (χ0) is 16.8. The predicted molar refractivity (Wildman–Crippen MR) is 93.4 cm³/mol. The fourth-order valence-corrected chi connectivity index (χ4v) is 3.47. The molecule has 3 rings (SSSR count). The minimum absolute atomic E-state index is 0.239. The number of alkyl carbamates (subject to hydrolysis) is 1. The number of rotatable bonds is 4. The van der Waals surface area contributed by atoms with Crippen molar-refractivity contribution in [1.82, 2.24) is 10.3 Å². The third-order valence-corrected chi connectivity index (χ3v) is 4.75. The number of halogens is 1. The second-order valence-electron chi connectivity index (χ2n) is 5.72. The van der Waals surface area contributed by atoms with E-state index in [2.05, 4.69) is 26.2 Å². The minimum Gasteiger partial charge on any atom is -0.445 e. The number of carbonyl (C=O) groups is 1. The van der Waals surface area contributed by atoms with Gasteiger partial charge in [-0.25, -0.2) is 4.79 Å². The number of hydrogen-bond donors (Lipinski definition) is 1. The highest BCUT2D eigenvalue weighted by Gasteiger charge is 2.39. The molecular weight excluding hydrogens is 372 g/mol. The average Bonchev–Trinajstić information content (AvgIpc) is 2.62. The predicted octanol–water partition coefficient (Wildman–Crippen LogP) is 3.78. The molecule has 1 N–H and O–H groups in total. The summed E-state index contributed by atoms with van der Waals surface area (Å²) in [6.07, 6.45) is 2.60. The number of hydrogen-bond acceptors (Lipinski definition) is 4. The van der Waals surface area contributed by atoms with Crippen LogP contribution in [0.5, 0.6) is 0 Å². The van der Waals surface area contributed by atoms with E-state index < -0.39 is 11.6 Å². The smallest absolute Gasteiger partial charge is 0.408 e. The first-order chi connectivity index (χ1) is 11.7. The molecule has 0 saturated carbocycles. The van der Waals surface area contributed by atoms with Crippen molar-refractivity contribution in [1.29, 1.82) is 0 Å². The van der Waals surface area contributed by atoms with Crippen LogP contribution >= 0.6 is 15.9 Å². The highest BCUT2D eigenvalue weighted by atomic mass is 79.9. The zero-order valence-corrected chi connectivity index (χ0v) is 14.8. The molecule has 1 aromatic carbocycles. The van der Waals surface area contributed by atoms with Crippen LogP contribution in [0, 0.1) is 0 Å². The summed E-state index contributed by atoms with van der Waals surface area (Å²) in [5, 5.41) is 3.03. The topological polar surface area (TPSA) is 60.5 Å². The van der Waals surface area contributed by atoms with Gasteiger partial charge in [0.1, 0.15) is 6.61 Å². The molecule has 0 aliphatic carbocycles. The Morgan fingerprint density at radius 1 is 1.21 bits per heavy atom. The van der Waals surface area contributed by atoms with Crippen molar-refractivity contribution in [3.8, 4) is 0 Å². The van der Waals surface area contributed by atoms with E-state index in [9.17, 15) is 4.79 Å². The van der Waals surface area contributed by atoms with Gasteiger partial charge in [0, 0.05) is 23.9 Å². The van der Waals surface area contributed by atoms with Gasteiger partial charge >= 0.3 is 6.09 Å². The normalized spacial score (nSPS) is 16.4. The first-order valence-corrected chi connectivity index (χ1v) is 8.66. The van der Waals surface area contributed by atoms with Gasteiger partial charge in [-0.2, -0.15) is 0 Å². The first kappa shape index (κ1) is 16.9. The van der Waals surface area contributed by atoms with Crippen LogP contribution in [-0.4, -0.2) is 24.3 Å². The molecule has 1 aromatic heterocycles. The molecule has 1 aliphatic rings. The number of benzene rings is 1. The molecule has 0 unspecified atom stereocenters. The summed E-state index contributed by atoms with van der Waals surface area (Å²) in [5.74, 6) is 0. The van der Waals surface area contributed by atoms with Crippen molar-refractivity contribution in [2.24, 2.45) is 0 Å². The van der Waals surface area contributed by atoms with Crippen LogP contribution < -0.4 is 5.32 Å². The molecule has 0 radical (unpaired) electrons. The quantitative estimate of drug-likeness (QED) is 0.862. The van der Waals surface area contributed by atoms with Crippen LogP contribution in [0.3, 0.4) is 0 Å². The number of pyridine rings is 1. The lowest BCUT2D eigenvalue weighted by Gasteiger charge is -2.37. The molecule has 0 spiro atoms. The van der Waals surface area contributed by atoms with E-state index in [0.717, 1.165) is 15.7 Å². The van der Waals surface area contributed by atoms with Crippen molar-refractivity contribution in [2.75, 3.05) is 13.2 Å². The molecule has 2 aromatic rings. The third-order valence-electron chi connectivity index (χ3n) is 4.11. The number of amides is 1. The lowest BCUT2D eigenvalue weighted by Crippen LogP contribution is -2.50. The van der Waals surface area contributed by atoms with Gasteiger partial charge in [0.2, 0.25) is 0 Å². The highest BCUT2D eigenvalue weighted by Crippen LogP contribution is 2.35. The molecule has 1 fully saturated rings. The summed E-state index contributed by atoms with van der Waals surface area (Å²) in [6.45, 7) is 1.38. The molecular formula is C18H19BrN2O3. The Morgan fingerprint density at radius 2 is 1.96 bits per heavy atom. The zero-order valence-electron chi connectivity index (χ0n) is 13.2. The summed E-state index contributed by atoms with van der Waals surface area (Å²) in [7, 11) is 0. The van der Waals surface area contributed by atoms with Crippen LogP contribution in [0.25, 0.3) is 0 Å². The SMILES string of the molecule is O=C(NC1(c2ncccc2Br)CCOCC1)OCc1ccccc1. The molecule has 0 bridgehead atoms. The number of carbonyl (C=O) groups excluding carboxylic acids is 1. The van der Waals surface area contributed by atoms with E-state index in [1.54, 1.807) is 6.20 Å². The summed E-state index contributed by atoms with van der Waals surface area (Å²) in [6, 6.07) is 13.4. The Bertz CT molecular complexity index is 688. The molecule has 2 heterocycles. The summed E-state index contributed by atoms with van der Waals surface area (Å²) < 4.78 is 11.7.